The molecule has 0 bridgehead atoms. The van der Waals surface area contributed by atoms with Crippen LogP contribution in [0.3, 0.4) is 0 Å². The molecule has 2 nitrogen and oxygen atoms in total. The van der Waals surface area contributed by atoms with Crippen molar-refractivity contribution in [2.75, 3.05) is 17.2 Å². The number of hydrogen-bond donors (Lipinski definition) is 2. The average Bonchev–Trinajstić information content (AvgIpc) is 2.36. The van der Waals surface area contributed by atoms with E-state index in [2.05, 4.69) is 31.4 Å². The van der Waals surface area contributed by atoms with Gasteiger partial charge in [0.25, 0.3) is 0 Å². The van der Waals surface area contributed by atoms with Crippen LogP contribution in [-0.4, -0.2) is 12.6 Å². The Morgan fingerprint density at radius 3 is 2.76 bits per heavy atom. The Kier molecular flexibility index (Phi) is 3.53. The molecule has 0 fully saturated rings. The number of halogens is 1. The van der Waals surface area contributed by atoms with Gasteiger partial charge < -0.3 is 10.6 Å². The maximum atomic E-state index is 6.04. The summed E-state index contributed by atoms with van der Waals surface area (Å²) in [6.07, 6.45) is 2.31. The van der Waals surface area contributed by atoms with Crippen molar-refractivity contribution in [1.29, 1.82) is 0 Å². The van der Waals surface area contributed by atoms with Crippen LogP contribution in [0.5, 0.6) is 0 Å². The van der Waals surface area contributed by atoms with Gasteiger partial charge in [0, 0.05) is 17.6 Å². The first-order valence-electron chi connectivity index (χ1n) is 6.24. The smallest absolute Gasteiger partial charge is 0.0593 e. The second-order valence-electron chi connectivity index (χ2n) is 6.01. The van der Waals surface area contributed by atoms with E-state index in [0.29, 0.717) is 11.5 Å². The molecule has 3 heteroatoms. The van der Waals surface area contributed by atoms with Gasteiger partial charge in [-0.15, -0.1) is 0 Å². The topological polar surface area (TPSA) is 24.1 Å². The third kappa shape index (κ3) is 3.53. The summed E-state index contributed by atoms with van der Waals surface area (Å²) in [6.45, 7) is 7.87. The fourth-order valence-electron chi connectivity index (χ4n) is 2.36. The highest BCUT2D eigenvalue weighted by Crippen LogP contribution is 2.32. The lowest BCUT2D eigenvalue weighted by Gasteiger charge is -2.26. The van der Waals surface area contributed by atoms with Crippen LogP contribution in [-0.2, 0) is 0 Å². The normalized spacial score (nSPS) is 19.9. The van der Waals surface area contributed by atoms with E-state index in [0.717, 1.165) is 29.4 Å². The van der Waals surface area contributed by atoms with Crippen molar-refractivity contribution in [3.63, 3.8) is 0 Å². The highest BCUT2D eigenvalue weighted by Gasteiger charge is 2.21. The number of benzene rings is 1. The van der Waals surface area contributed by atoms with E-state index in [1.807, 2.05) is 18.2 Å². The molecule has 1 aromatic carbocycles. The van der Waals surface area contributed by atoms with Crippen molar-refractivity contribution in [1.82, 2.24) is 0 Å². The summed E-state index contributed by atoms with van der Waals surface area (Å²) in [4.78, 5) is 0. The molecule has 1 aliphatic rings. The first-order valence-corrected chi connectivity index (χ1v) is 6.62. The van der Waals surface area contributed by atoms with Gasteiger partial charge in [0.05, 0.1) is 11.4 Å². The van der Waals surface area contributed by atoms with Crippen molar-refractivity contribution in [2.45, 2.75) is 39.7 Å². The van der Waals surface area contributed by atoms with Crippen LogP contribution in [0.25, 0.3) is 0 Å². The van der Waals surface area contributed by atoms with Crippen LogP contribution in [0.1, 0.15) is 33.6 Å². The maximum Gasteiger partial charge on any atom is 0.0593 e. The van der Waals surface area contributed by atoms with Crippen molar-refractivity contribution in [3.8, 4) is 0 Å². The van der Waals surface area contributed by atoms with E-state index in [1.165, 1.54) is 6.42 Å². The highest BCUT2D eigenvalue weighted by atomic mass is 35.5. The Hall–Kier alpha value is -0.890. The summed E-state index contributed by atoms with van der Waals surface area (Å²) < 4.78 is 0. The lowest BCUT2D eigenvalue weighted by molar-refractivity contribution is 0.345. The Morgan fingerprint density at radius 1 is 1.29 bits per heavy atom. The molecule has 1 aromatic rings. The lowest BCUT2D eigenvalue weighted by atomic mass is 9.87. The van der Waals surface area contributed by atoms with Gasteiger partial charge in [-0.3, -0.25) is 0 Å². The van der Waals surface area contributed by atoms with E-state index in [4.69, 9.17) is 11.6 Å². The number of fused-ring (bicyclic) bond motifs is 1. The largest absolute Gasteiger partial charge is 0.383 e. The number of hydrogen-bond acceptors (Lipinski definition) is 2. The van der Waals surface area contributed by atoms with Gasteiger partial charge in [-0.25, -0.2) is 0 Å². The quantitative estimate of drug-likeness (QED) is 0.776. The average molecular weight is 253 g/mol. The molecule has 0 saturated heterocycles. The molecule has 94 valence electrons. The lowest BCUT2D eigenvalue weighted by Crippen LogP contribution is -2.25. The third-order valence-corrected chi connectivity index (χ3v) is 3.24. The van der Waals surface area contributed by atoms with Crippen molar-refractivity contribution >= 4 is 23.0 Å². The minimum absolute atomic E-state index is 0.348. The number of rotatable bonds is 1. The van der Waals surface area contributed by atoms with E-state index in [9.17, 15) is 0 Å². The standard InChI is InChI=1S/C14H21ClN2/c1-14(2,3)9-11-6-7-16-12-5-4-10(15)8-13(12)17-11/h4-5,8,11,16-17H,6-7,9H2,1-3H3. The minimum Gasteiger partial charge on any atom is -0.383 e. The summed E-state index contributed by atoms with van der Waals surface area (Å²) >= 11 is 6.04. The molecule has 1 heterocycles. The van der Waals surface area contributed by atoms with Crippen molar-refractivity contribution < 1.29 is 0 Å². The van der Waals surface area contributed by atoms with E-state index < -0.39 is 0 Å². The molecule has 0 amide bonds. The summed E-state index contributed by atoms with van der Waals surface area (Å²) in [5.41, 5.74) is 2.64. The number of nitrogens with one attached hydrogen (secondary N) is 2. The van der Waals surface area contributed by atoms with Crippen LogP contribution in [0.4, 0.5) is 11.4 Å². The molecule has 0 saturated carbocycles. The molecule has 0 aliphatic carbocycles. The Bertz CT molecular complexity index is 396. The third-order valence-electron chi connectivity index (χ3n) is 3.01. The minimum atomic E-state index is 0.348. The molecule has 0 aromatic heterocycles. The fraction of sp³-hybridized carbons (Fsp3) is 0.571. The van der Waals surface area contributed by atoms with Crippen LogP contribution in [0.2, 0.25) is 5.02 Å². The Morgan fingerprint density at radius 2 is 2.06 bits per heavy atom. The summed E-state index contributed by atoms with van der Waals surface area (Å²) in [5.74, 6) is 0. The fourth-order valence-corrected chi connectivity index (χ4v) is 2.53. The number of anilines is 2. The summed E-state index contributed by atoms with van der Waals surface area (Å²) in [7, 11) is 0. The Labute approximate surface area is 109 Å². The van der Waals surface area contributed by atoms with Gasteiger partial charge in [0.15, 0.2) is 0 Å². The van der Waals surface area contributed by atoms with Crippen LogP contribution in [0.15, 0.2) is 18.2 Å². The SMILES string of the molecule is CC(C)(C)CC1CCNc2ccc(Cl)cc2N1. The second-order valence-corrected chi connectivity index (χ2v) is 6.45. The molecular weight excluding hydrogens is 232 g/mol. The van der Waals surface area contributed by atoms with Gasteiger partial charge in [-0.2, -0.15) is 0 Å². The molecule has 2 rings (SSSR count). The molecule has 1 unspecified atom stereocenters. The van der Waals surface area contributed by atoms with Crippen molar-refractivity contribution in [3.05, 3.63) is 23.2 Å². The van der Waals surface area contributed by atoms with Crippen LogP contribution < -0.4 is 10.6 Å². The van der Waals surface area contributed by atoms with Gasteiger partial charge >= 0.3 is 0 Å². The molecule has 0 spiro atoms. The van der Waals surface area contributed by atoms with Gasteiger partial charge in [-0.1, -0.05) is 32.4 Å². The predicted molar refractivity (Wildman–Crippen MR) is 76.0 cm³/mol. The zero-order valence-electron chi connectivity index (χ0n) is 10.8. The van der Waals surface area contributed by atoms with Crippen LogP contribution >= 0.6 is 11.6 Å². The van der Waals surface area contributed by atoms with Gasteiger partial charge in [0.2, 0.25) is 0 Å². The first-order chi connectivity index (χ1) is 7.94. The van der Waals surface area contributed by atoms with Gasteiger partial charge in [0.1, 0.15) is 0 Å². The molecule has 0 radical (unpaired) electrons. The molecule has 17 heavy (non-hydrogen) atoms. The molecular formula is C14H21ClN2. The van der Waals surface area contributed by atoms with E-state index >= 15 is 0 Å². The molecule has 2 N–H and O–H groups in total. The van der Waals surface area contributed by atoms with Gasteiger partial charge in [-0.05, 0) is 36.5 Å². The van der Waals surface area contributed by atoms with Crippen molar-refractivity contribution in [2.24, 2.45) is 5.41 Å². The molecule has 1 atom stereocenters. The van der Waals surface area contributed by atoms with E-state index in [-0.39, 0.29) is 0 Å². The van der Waals surface area contributed by atoms with Crippen LogP contribution in [0, 0.1) is 5.41 Å². The summed E-state index contributed by atoms with van der Waals surface area (Å²) in [6, 6.07) is 6.50. The second kappa shape index (κ2) is 4.77. The molecule has 1 aliphatic heterocycles. The van der Waals surface area contributed by atoms with E-state index in [1.54, 1.807) is 0 Å². The maximum absolute atomic E-state index is 6.04. The zero-order chi connectivity index (χ0) is 12.5. The summed E-state index contributed by atoms with van der Waals surface area (Å²) in [5, 5.41) is 7.84. The monoisotopic (exact) mass is 252 g/mol. The first kappa shape index (κ1) is 12.6. The predicted octanol–water partition coefficient (Wildman–Crippen LogP) is 4.37. The zero-order valence-corrected chi connectivity index (χ0v) is 11.6. The Balaban J connectivity index is 2.16. The highest BCUT2D eigenvalue weighted by molar-refractivity contribution is 6.31.